The molecule has 6 heteroatoms. The van der Waals surface area contributed by atoms with Gasteiger partial charge in [-0.3, -0.25) is 0 Å². The zero-order valence-corrected chi connectivity index (χ0v) is 9.46. The summed E-state index contributed by atoms with van der Waals surface area (Å²) in [5.74, 6) is 0. The summed E-state index contributed by atoms with van der Waals surface area (Å²) in [6.07, 6.45) is 0. The Bertz CT molecular complexity index is 15.5. The fraction of sp³-hybridized carbons (Fsp3) is 0. The van der Waals surface area contributed by atoms with E-state index in [-0.39, 0.29) is 56.7 Å². The molecule has 0 aromatic rings. The van der Waals surface area contributed by atoms with Gasteiger partial charge in [0.1, 0.15) is 0 Å². The molecule has 6 heavy (non-hydrogen) atoms. The third kappa shape index (κ3) is 40.7. The minimum atomic E-state index is -2.17. The van der Waals surface area contributed by atoms with Crippen LogP contribution in [0.15, 0.2) is 0 Å². The zero-order chi connectivity index (χ0) is 3.58. The Morgan fingerprint density at radius 2 is 1.00 bits per heavy atom. The molecule has 0 aromatic heterocycles. The molecule has 33 valence electrons. The van der Waals surface area contributed by atoms with Crippen molar-refractivity contribution in [2.75, 3.05) is 0 Å². The van der Waals surface area contributed by atoms with Crippen LogP contribution in [-0.2, 0) is 21.1 Å². The van der Waals surface area contributed by atoms with Crippen molar-refractivity contribution in [2.24, 2.45) is 0 Å². The van der Waals surface area contributed by atoms with Gasteiger partial charge in [-0.15, -0.1) is 0 Å². The first kappa shape index (κ1) is 15.7. The maximum Gasteiger partial charge on any atom is 0.631 e. The van der Waals surface area contributed by atoms with E-state index in [4.69, 9.17) is 15.1 Å². The van der Waals surface area contributed by atoms with Crippen molar-refractivity contribution >= 4 is 7.32 Å². The van der Waals surface area contributed by atoms with Crippen molar-refractivity contribution in [1.82, 2.24) is 0 Å². The molecule has 0 saturated heterocycles. The average Bonchev–Trinajstić information content (AvgIpc) is 0.811. The molecule has 0 saturated carbocycles. The molecule has 0 atom stereocenters. The van der Waals surface area contributed by atoms with Crippen molar-refractivity contribution in [2.45, 2.75) is 0 Å². The second-order valence-corrected chi connectivity index (χ2v) is 0.346. The summed E-state index contributed by atoms with van der Waals surface area (Å²) in [5.41, 5.74) is 0. The van der Waals surface area contributed by atoms with E-state index in [1.165, 1.54) is 0 Å². The van der Waals surface area contributed by atoms with E-state index in [0.717, 1.165) is 0 Å². The molecule has 0 aliphatic carbocycles. The molecule has 0 bridgehead atoms. The number of rotatable bonds is 0. The van der Waals surface area contributed by atoms with E-state index in [1.807, 2.05) is 0 Å². The first-order chi connectivity index (χ1) is 1.73. The van der Waals surface area contributed by atoms with Crippen LogP contribution in [0.5, 0.6) is 0 Å². The molecule has 1 radical (unpaired) electrons. The monoisotopic (exact) mass is 385 g/mol. The first-order valence-electron chi connectivity index (χ1n) is 0.775. The van der Waals surface area contributed by atoms with E-state index in [1.54, 1.807) is 0 Å². The normalized spacial score (nSPS) is 4.50. The Labute approximate surface area is 78.2 Å². The van der Waals surface area contributed by atoms with Crippen LogP contribution in [-0.4, -0.2) is 22.4 Å². The molecule has 0 aliphatic rings. The molecular weight excluding hydrogens is 382 g/mol. The summed E-state index contributed by atoms with van der Waals surface area (Å²) in [6.45, 7) is 0. The molecule has 0 heterocycles. The topological polar surface area (TPSA) is 60.7 Å². The van der Waals surface area contributed by atoms with Gasteiger partial charge in [-0.05, 0) is 0 Å². The molecular formula is H3BLaO3W. The van der Waals surface area contributed by atoms with Crippen LogP contribution in [0.2, 0.25) is 0 Å². The van der Waals surface area contributed by atoms with Crippen molar-refractivity contribution in [3.05, 3.63) is 0 Å². The smallest absolute Gasteiger partial charge is 0.402 e. The maximum atomic E-state index is 7.17. The Hall–Kier alpha value is 1.83. The van der Waals surface area contributed by atoms with E-state index >= 15 is 0 Å². The molecule has 0 aliphatic heterocycles. The third-order valence-electron chi connectivity index (χ3n) is 0. The van der Waals surface area contributed by atoms with Gasteiger partial charge in [-0.25, -0.2) is 0 Å². The minimum absolute atomic E-state index is 0. The Morgan fingerprint density at radius 3 is 1.00 bits per heavy atom. The van der Waals surface area contributed by atoms with Crippen LogP contribution in [0.4, 0.5) is 0 Å². The largest absolute Gasteiger partial charge is 0.631 e. The van der Waals surface area contributed by atoms with Crippen molar-refractivity contribution in [1.29, 1.82) is 0 Å². The van der Waals surface area contributed by atoms with E-state index < -0.39 is 7.32 Å². The van der Waals surface area contributed by atoms with Crippen LogP contribution in [0, 0.1) is 35.6 Å². The molecule has 0 amide bonds. The van der Waals surface area contributed by atoms with Crippen LogP contribution in [0.25, 0.3) is 0 Å². The molecule has 0 unspecified atom stereocenters. The van der Waals surface area contributed by atoms with Gasteiger partial charge in [0.2, 0.25) is 0 Å². The van der Waals surface area contributed by atoms with Crippen LogP contribution >= 0.6 is 0 Å². The van der Waals surface area contributed by atoms with Crippen molar-refractivity contribution < 1.29 is 71.7 Å². The average molecular weight is 385 g/mol. The van der Waals surface area contributed by atoms with E-state index in [2.05, 4.69) is 0 Å². The first-order valence-corrected chi connectivity index (χ1v) is 0.775. The van der Waals surface area contributed by atoms with Gasteiger partial charge in [0, 0.05) is 56.7 Å². The predicted octanol–water partition coefficient (Wildman–Crippen LogP) is -2.05. The van der Waals surface area contributed by atoms with Gasteiger partial charge in [0.25, 0.3) is 0 Å². The van der Waals surface area contributed by atoms with Gasteiger partial charge >= 0.3 is 7.32 Å². The summed E-state index contributed by atoms with van der Waals surface area (Å²) < 4.78 is 0. The summed E-state index contributed by atoms with van der Waals surface area (Å²) in [6, 6.07) is 0. The molecule has 0 spiro atoms. The second kappa shape index (κ2) is 9.95. The SMILES string of the molecule is OB(O)O.[La].[W]. The second-order valence-electron chi connectivity index (χ2n) is 0.346. The van der Waals surface area contributed by atoms with Gasteiger partial charge in [0.15, 0.2) is 0 Å². The number of hydrogen-bond donors (Lipinski definition) is 3. The fourth-order valence-corrected chi connectivity index (χ4v) is 0. The fourth-order valence-electron chi connectivity index (χ4n) is 0. The Kier molecular flexibility index (Phi) is 26.0. The molecule has 0 aromatic carbocycles. The third-order valence-corrected chi connectivity index (χ3v) is 0. The minimum Gasteiger partial charge on any atom is -0.402 e. The molecule has 3 nitrogen and oxygen atoms in total. The zero-order valence-electron chi connectivity index (χ0n) is 2.90. The molecule has 3 N–H and O–H groups in total. The van der Waals surface area contributed by atoms with Gasteiger partial charge in [-0.1, -0.05) is 0 Å². The van der Waals surface area contributed by atoms with Gasteiger partial charge < -0.3 is 15.1 Å². The van der Waals surface area contributed by atoms with Crippen LogP contribution < -0.4 is 0 Å². The Morgan fingerprint density at radius 1 is 1.00 bits per heavy atom. The Balaban J connectivity index is -0.0000000450. The van der Waals surface area contributed by atoms with Gasteiger partial charge in [-0.2, -0.15) is 0 Å². The summed E-state index contributed by atoms with van der Waals surface area (Å²) in [5, 5.41) is 21.5. The summed E-state index contributed by atoms with van der Waals surface area (Å²) in [4.78, 5) is 0. The molecule has 0 rings (SSSR count). The van der Waals surface area contributed by atoms with Crippen molar-refractivity contribution in [3.63, 3.8) is 0 Å². The standard InChI is InChI=1S/BH3O3.La.W/c2-1(3)4;;/h2-4H;;. The predicted molar refractivity (Wildman–Crippen MR) is 12.4 cm³/mol. The molecule has 0 fully saturated rings. The number of hydrogen-bond acceptors (Lipinski definition) is 3. The maximum absolute atomic E-state index is 7.17. The van der Waals surface area contributed by atoms with Crippen LogP contribution in [0.1, 0.15) is 0 Å². The van der Waals surface area contributed by atoms with Crippen LogP contribution in [0.3, 0.4) is 0 Å². The quantitative estimate of drug-likeness (QED) is 0.421. The summed E-state index contributed by atoms with van der Waals surface area (Å²) in [7, 11) is -2.17. The van der Waals surface area contributed by atoms with E-state index in [9.17, 15) is 0 Å². The van der Waals surface area contributed by atoms with Gasteiger partial charge in [0.05, 0.1) is 0 Å². The van der Waals surface area contributed by atoms with E-state index in [0.29, 0.717) is 0 Å². The van der Waals surface area contributed by atoms with Crippen molar-refractivity contribution in [3.8, 4) is 0 Å². The summed E-state index contributed by atoms with van der Waals surface area (Å²) >= 11 is 0.